The van der Waals surface area contributed by atoms with Gasteiger partial charge in [0.25, 0.3) is 0 Å². The number of nitrogens with zero attached hydrogens (tertiary/aromatic N) is 1. The Morgan fingerprint density at radius 2 is 2.14 bits per heavy atom. The Balaban J connectivity index is 2.02. The summed E-state index contributed by atoms with van der Waals surface area (Å²) in [5.74, 6) is -0.783. The first-order chi connectivity index (χ1) is 10.7. The number of unbranched alkanes of at least 4 members (excludes halogenated alkanes) is 1. The second-order valence-corrected chi connectivity index (χ2v) is 5.33. The van der Waals surface area contributed by atoms with E-state index in [9.17, 15) is 9.90 Å². The third-order valence-corrected chi connectivity index (χ3v) is 3.58. The molecule has 0 saturated carbocycles. The van der Waals surface area contributed by atoms with Gasteiger partial charge >= 0.3 is 5.97 Å². The molecule has 2 rings (SSSR count). The molecule has 0 aliphatic carbocycles. The van der Waals surface area contributed by atoms with E-state index in [0.717, 1.165) is 29.7 Å². The number of rotatable bonds is 8. The molecule has 0 amide bonds. The fourth-order valence-electron chi connectivity index (χ4n) is 2.34. The maximum absolute atomic E-state index is 11.2. The zero-order chi connectivity index (χ0) is 15.8. The first-order valence-electron chi connectivity index (χ1n) is 7.67. The third kappa shape index (κ3) is 4.67. The zero-order valence-electron chi connectivity index (χ0n) is 12.8. The molecule has 2 N–H and O–H groups in total. The van der Waals surface area contributed by atoms with Crippen LogP contribution >= 0.6 is 0 Å². The Labute approximate surface area is 131 Å². The number of benzene rings is 1. The van der Waals surface area contributed by atoms with Crippen LogP contribution in [0.2, 0.25) is 0 Å². The van der Waals surface area contributed by atoms with Gasteiger partial charge in [0.05, 0.1) is 5.69 Å². The molecule has 0 saturated heterocycles. The molecule has 0 aliphatic heterocycles. The highest BCUT2D eigenvalue weighted by Gasteiger charge is 2.15. The van der Waals surface area contributed by atoms with Gasteiger partial charge in [0.2, 0.25) is 0 Å². The SMILES string of the molecule is CCCCC(NCc1cccc(-c2ccccn2)c1)C(=O)O. The van der Waals surface area contributed by atoms with Crippen LogP contribution < -0.4 is 5.32 Å². The van der Waals surface area contributed by atoms with E-state index in [-0.39, 0.29) is 0 Å². The third-order valence-electron chi connectivity index (χ3n) is 3.58. The number of carboxylic acid groups (broad SMARTS) is 1. The van der Waals surface area contributed by atoms with E-state index in [2.05, 4.69) is 17.2 Å². The van der Waals surface area contributed by atoms with Crippen molar-refractivity contribution in [2.24, 2.45) is 0 Å². The van der Waals surface area contributed by atoms with Gasteiger partial charge in [-0.15, -0.1) is 0 Å². The summed E-state index contributed by atoms with van der Waals surface area (Å²) < 4.78 is 0. The number of nitrogens with one attached hydrogen (secondary N) is 1. The number of hydrogen-bond donors (Lipinski definition) is 2. The molecule has 116 valence electrons. The predicted octanol–water partition coefficient (Wildman–Crippen LogP) is 3.48. The van der Waals surface area contributed by atoms with E-state index in [4.69, 9.17) is 0 Å². The summed E-state index contributed by atoms with van der Waals surface area (Å²) in [6.45, 7) is 2.61. The predicted molar refractivity (Wildman–Crippen MR) is 87.5 cm³/mol. The first-order valence-corrected chi connectivity index (χ1v) is 7.67. The minimum Gasteiger partial charge on any atom is -0.480 e. The zero-order valence-corrected chi connectivity index (χ0v) is 12.8. The number of carbonyl (C=O) groups is 1. The molecule has 1 unspecified atom stereocenters. The average molecular weight is 298 g/mol. The maximum atomic E-state index is 11.2. The van der Waals surface area contributed by atoms with Gasteiger partial charge in [0.15, 0.2) is 0 Å². The van der Waals surface area contributed by atoms with Crippen LogP contribution in [-0.2, 0) is 11.3 Å². The van der Waals surface area contributed by atoms with Gasteiger partial charge in [-0.1, -0.05) is 44.0 Å². The second-order valence-electron chi connectivity index (χ2n) is 5.33. The number of aromatic nitrogens is 1. The molecular weight excluding hydrogens is 276 g/mol. The van der Waals surface area contributed by atoms with Crippen LogP contribution in [0.15, 0.2) is 48.7 Å². The first kappa shape index (κ1) is 16.2. The summed E-state index contributed by atoms with van der Waals surface area (Å²) in [5.41, 5.74) is 3.02. The minimum absolute atomic E-state index is 0.488. The summed E-state index contributed by atoms with van der Waals surface area (Å²) in [7, 11) is 0. The lowest BCUT2D eigenvalue weighted by Crippen LogP contribution is -2.36. The lowest BCUT2D eigenvalue weighted by molar-refractivity contribution is -0.139. The molecule has 1 aromatic carbocycles. The van der Waals surface area contributed by atoms with Crippen LogP contribution in [0.5, 0.6) is 0 Å². The van der Waals surface area contributed by atoms with Gasteiger partial charge in [-0.2, -0.15) is 0 Å². The van der Waals surface area contributed by atoms with E-state index in [0.29, 0.717) is 13.0 Å². The van der Waals surface area contributed by atoms with Crippen molar-refractivity contribution in [3.63, 3.8) is 0 Å². The van der Waals surface area contributed by atoms with Crippen molar-refractivity contribution in [1.82, 2.24) is 10.3 Å². The van der Waals surface area contributed by atoms with Crippen molar-refractivity contribution in [2.45, 2.75) is 38.8 Å². The number of carboxylic acids is 1. The Morgan fingerprint density at radius 3 is 2.82 bits per heavy atom. The molecule has 2 aromatic rings. The molecule has 1 heterocycles. The fourth-order valence-corrected chi connectivity index (χ4v) is 2.34. The Hall–Kier alpha value is -2.20. The molecule has 1 atom stereocenters. The smallest absolute Gasteiger partial charge is 0.320 e. The van der Waals surface area contributed by atoms with Gasteiger partial charge < -0.3 is 10.4 Å². The Kier molecular flexibility index (Phi) is 6.10. The van der Waals surface area contributed by atoms with Gasteiger partial charge in [-0.25, -0.2) is 0 Å². The van der Waals surface area contributed by atoms with E-state index in [1.54, 1.807) is 6.20 Å². The number of pyridine rings is 1. The molecule has 22 heavy (non-hydrogen) atoms. The summed E-state index contributed by atoms with van der Waals surface area (Å²) in [4.78, 5) is 15.6. The lowest BCUT2D eigenvalue weighted by atomic mass is 10.1. The number of hydrogen-bond acceptors (Lipinski definition) is 3. The highest BCUT2D eigenvalue weighted by Crippen LogP contribution is 2.17. The summed E-state index contributed by atoms with van der Waals surface area (Å²) in [6, 6.07) is 13.4. The molecule has 4 heteroatoms. The summed E-state index contributed by atoms with van der Waals surface area (Å²) >= 11 is 0. The van der Waals surface area contributed by atoms with E-state index < -0.39 is 12.0 Å². The van der Waals surface area contributed by atoms with Gasteiger partial charge in [-0.3, -0.25) is 9.78 Å². The largest absolute Gasteiger partial charge is 0.480 e. The van der Waals surface area contributed by atoms with E-state index >= 15 is 0 Å². The van der Waals surface area contributed by atoms with E-state index in [1.165, 1.54) is 0 Å². The quantitative estimate of drug-likeness (QED) is 0.783. The fraction of sp³-hybridized carbons (Fsp3) is 0.333. The van der Waals surface area contributed by atoms with Crippen LogP contribution in [0.4, 0.5) is 0 Å². The van der Waals surface area contributed by atoms with Crippen LogP contribution in [0.1, 0.15) is 31.7 Å². The monoisotopic (exact) mass is 298 g/mol. The van der Waals surface area contributed by atoms with Crippen molar-refractivity contribution < 1.29 is 9.90 Å². The van der Waals surface area contributed by atoms with Crippen molar-refractivity contribution in [2.75, 3.05) is 0 Å². The van der Waals surface area contributed by atoms with Crippen LogP contribution in [0.3, 0.4) is 0 Å². The van der Waals surface area contributed by atoms with Crippen LogP contribution in [0, 0.1) is 0 Å². The van der Waals surface area contributed by atoms with Gasteiger partial charge in [0, 0.05) is 18.3 Å². The molecule has 0 radical (unpaired) electrons. The second kappa shape index (κ2) is 8.29. The van der Waals surface area contributed by atoms with Crippen molar-refractivity contribution in [3.05, 3.63) is 54.2 Å². The Bertz CT molecular complexity index is 599. The molecule has 1 aromatic heterocycles. The normalized spacial score (nSPS) is 12.0. The van der Waals surface area contributed by atoms with Crippen LogP contribution in [-0.4, -0.2) is 22.1 Å². The van der Waals surface area contributed by atoms with Crippen molar-refractivity contribution >= 4 is 5.97 Å². The van der Waals surface area contributed by atoms with Gasteiger partial charge in [0.1, 0.15) is 6.04 Å². The standard InChI is InChI=1S/C18H22N2O2/c1-2-3-9-17(18(21)22)20-13-14-7-6-8-15(12-14)16-10-4-5-11-19-16/h4-8,10-12,17,20H,2-3,9,13H2,1H3,(H,21,22). The highest BCUT2D eigenvalue weighted by molar-refractivity contribution is 5.73. The maximum Gasteiger partial charge on any atom is 0.320 e. The molecule has 0 spiro atoms. The summed E-state index contributed by atoms with van der Waals surface area (Å²) in [6.07, 6.45) is 4.34. The molecule has 4 nitrogen and oxygen atoms in total. The average Bonchev–Trinajstić information content (AvgIpc) is 2.55. The van der Waals surface area contributed by atoms with Crippen molar-refractivity contribution in [1.29, 1.82) is 0 Å². The van der Waals surface area contributed by atoms with E-state index in [1.807, 2.05) is 42.5 Å². The van der Waals surface area contributed by atoms with Crippen molar-refractivity contribution in [3.8, 4) is 11.3 Å². The highest BCUT2D eigenvalue weighted by atomic mass is 16.4. The molecular formula is C18H22N2O2. The topological polar surface area (TPSA) is 62.2 Å². The van der Waals surface area contributed by atoms with Gasteiger partial charge in [-0.05, 0) is 30.2 Å². The molecule has 0 fully saturated rings. The summed E-state index contributed by atoms with van der Waals surface area (Å²) in [5, 5.41) is 12.4. The van der Waals surface area contributed by atoms with Crippen LogP contribution in [0.25, 0.3) is 11.3 Å². The molecule has 0 aliphatic rings. The minimum atomic E-state index is -0.783. The Morgan fingerprint density at radius 1 is 1.27 bits per heavy atom. The molecule has 0 bridgehead atoms. The number of aliphatic carboxylic acids is 1. The lowest BCUT2D eigenvalue weighted by Gasteiger charge is -2.14.